The van der Waals surface area contributed by atoms with Crippen molar-refractivity contribution < 1.29 is 0 Å². The molecule has 0 radical (unpaired) electrons. The number of anilines is 1. The summed E-state index contributed by atoms with van der Waals surface area (Å²) >= 11 is 9.43. The maximum atomic E-state index is 6.05. The minimum absolute atomic E-state index is 0.395. The molecule has 2 rings (SSSR count). The van der Waals surface area contributed by atoms with E-state index in [1.54, 1.807) is 0 Å². The molecule has 4 heteroatoms. The molecule has 3 N–H and O–H groups in total. The average Bonchev–Trinajstić information content (AvgIpc) is 2.27. The van der Waals surface area contributed by atoms with E-state index < -0.39 is 0 Å². The maximum Gasteiger partial charge on any atom is 0.0568 e. The lowest BCUT2D eigenvalue weighted by Gasteiger charge is -2.27. The number of rotatable bonds is 2. The van der Waals surface area contributed by atoms with Gasteiger partial charge in [0.05, 0.1) is 5.02 Å². The molecule has 2 nitrogen and oxygen atoms in total. The van der Waals surface area contributed by atoms with Crippen LogP contribution in [-0.4, -0.2) is 12.1 Å². The van der Waals surface area contributed by atoms with Gasteiger partial charge in [0.1, 0.15) is 0 Å². The third-order valence-corrected chi connectivity index (χ3v) is 4.29. The standard InChI is InChI=1S/C12H16BrClN2/c13-11-6-5-10(7-12(11)14)16-9-3-1-8(15)2-4-9/h5-9,16H,1-4,15H2. The number of nitrogens with two attached hydrogens (primary N) is 1. The van der Waals surface area contributed by atoms with Crippen LogP contribution in [0.15, 0.2) is 22.7 Å². The second-order valence-corrected chi connectivity index (χ2v) is 5.65. The molecule has 1 saturated carbocycles. The summed E-state index contributed by atoms with van der Waals surface area (Å²) in [6.45, 7) is 0. The lowest BCUT2D eigenvalue weighted by atomic mass is 9.92. The second kappa shape index (κ2) is 5.39. The second-order valence-electron chi connectivity index (χ2n) is 4.38. The summed E-state index contributed by atoms with van der Waals surface area (Å²) in [6.07, 6.45) is 4.52. The summed E-state index contributed by atoms with van der Waals surface area (Å²) in [5, 5.41) is 4.26. The minimum Gasteiger partial charge on any atom is -0.382 e. The van der Waals surface area contributed by atoms with Crippen molar-refractivity contribution in [3.63, 3.8) is 0 Å². The molecular weight excluding hydrogens is 288 g/mol. The molecule has 0 aromatic heterocycles. The number of hydrogen-bond acceptors (Lipinski definition) is 2. The van der Waals surface area contributed by atoms with Gasteiger partial charge in [0.25, 0.3) is 0 Å². The highest BCUT2D eigenvalue weighted by Gasteiger charge is 2.18. The van der Waals surface area contributed by atoms with Crippen LogP contribution in [0, 0.1) is 0 Å². The number of nitrogens with one attached hydrogen (secondary N) is 1. The Labute approximate surface area is 110 Å². The highest BCUT2D eigenvalue weighted by atomic mass is 79.9. The zero-order valence-corrected chi connectivity index (χ0v) is 11.4. The van der Waals surface area contributed by atoms with Gasteiger partial charge < -0.3 is 11.1 Å². The van der Waals surface area contributed by atoms with Gasteiger partial charge >= 0.3 is 0 Å². The van der Waals surface area contributed by atoms with Gasteiger partial charge in [-0.15, -0.1) is 0 Å². The third-order valence-electron chi connectivity index (χ3n) is 3.06. The van der Waals surface area contributed by atoms with Crippen LogP contribution in [0.5, 0.6) is 0 Å². The van der Waals surface area contributed by atoms with Gasteiger partial charge in [-0.2, -0.15) is 0 Å². The summed E-state index contributed by atoms with van der Waals surface area (Å²) in [7, 11) is 0. The Balaban J connectivity index is 1.96. The fourth-order valence-electron chi connectivity index (χ4n) is 2.09. The van der Waals surface area contributed by atoms with Crippen molar-refractivity contribution in [3.05, 3.63) is 27.7 Å². The third kappa shape index (κ3) is 3.12. The largest absolute Gasteiger partial charge is 0.382 e. The van der Waals surface area contributed by atoms with E-state index in [2.05, 4.69) is 21.2 Å². The van der Waals surface area contributed by atoms with Crippen molar-refractivity contribution in [1.29, 1.82) is 0 Å². The molecule has 1 aromatic rings. The Morgan fingerprint density at radius 1 is 1.25 bits per heavy atom. The molecule has 88 valence electrons. The minimum atomic E-state index is 0.395. The molecule has 1 aliphatic rings. The van der Waals surface area contributed by atoms with Crippen LogP contribution >= 0.6 is 27.5 Å². The Hall–Kier alpha value is -0.250. The van der Waals surface area contributed by atoms with Crippen LogP contribution in [0.1, 0.15) is 25.7 Å². The monoisotopic (exact) mass is 302 g/mol. The maximum absolute atomic E-state index is 6.05. The van der Waals surface area contributed by atoms with E-state index in [0.717, 1.165) is 40.9 Å². The van der Waals surface area contributed by atoms with E-state index >= 15 is 0 Å². The van der Waals surface area contributed by atoms with E-state index in [1.165, 1.54) is 0 Å². The van der Waals surface area contributed by atoms with Crippen LogP contribution in [0.3, 0.4) is 0 Å². The summed E-state index contributed by atoms with van der Waals surface area (Å²) in [4.78, 5) is 0. The number of benzene rings is 1. The molecule has 1 aromatic carbocycles. The van der Waals surface area contributed by atoms with Crippen molar-refractivity contribution in [1.82, 2.24) is 0 Å². The van der Waals surface area contributed by atoms with E-state index in [-0.39, 0.29) is 0 Å². The predicted octanol–water partition coefficient (Wildman–Crippen LogP) is 3.78. The van der Waals surface area contributed by atoms with Crippen LogP contribution < -0.4 is 11.1 Å². The van der Waals surface area contributed by atoms with E-state index in [9.17, 15) is 0 Å². The molecule has 0 aliphatic heterocycles. The van der Waals surface area contributed by atoms with E-state index in [4.69, 9.17) is 17.3 Å². The molecule has 0 atom stereocenters. The Bertz CT molecular complexity index is 362. The van der Waals surface area contributed by atoms with Crippen LogP contribution in [0.4, 0.5) is 5.69 Å². The lowest BCUT2D eigenvalue weighted by Crippen LogP contribution is -2.32. The zero-order valence-electron chi connectivity index (χ0n) is 9.05. The van der Waals surface area contributed by atoms with Crippen molar-refractivity contribution in [2.45, 2.75) is 37.8 Å². The van der Waals surface area contributed by atoms with Crippen molar-refractivity contribution in [2.24, 2.45) is 5.73 Å². The summed E-state index contributed by atoms with van der Waals surface area (Å²) < 4.78 is 0.936. The smallest absolute Gasteiger partial charge is 0.0568 e. The van der Waals surface area contributed by atoms with Crippen molar-refractivity contribution >= 4 is 33.2 Å². The Morgan fingerprint density at radius 2 is 1.94 bits per heavy atom. The number of halogens is 2. The molecule has 1 aliphatic carbocycles. The van der Waals surface area contributed by atoms with Gasteiger partial charge in [-0.05, 0) is 59.8 Å². The van der Waals surface area contributed by atoms with Crippen LogP contribution in [0.2, 0.25) is 5.02 Å². The SMILES string of the molecule is NC1CCC(Nc2ccc(Br)c(Cl)c2)CC1. The van der Waals surface area contributed by atoms with E-state index in [0.29, 0.717) is 12.1 Å². The first kappa shape index (κ1) is 12.2. The fraction of sp³-hybridized carbons (Fsp3) is 0.500. The molecule has 0 bridgehead atoms. The fourth-order valence-corrected chi connectivity index (χ4v) is 2.51. The van der Waals surface area contributed by atoms with Gasteiger partial charge in [-0.3, -0.25) is 0 Å². The molecule has 0 spiro atoms. The van der Waals surface area contributed by atoms with Crippen LogP contribution in [0.25, 0.3) is 0 Å². The van der Waals surface area contributed by atoms with Gasteiger partial charge in [0.15, 0.2) is 0 Å². The molecule has 0 amide bonds. The molecule has 0 saturated heterocycles. The summed E-state index contributed by atoms with van der Waals surface area (Å²) in [5.74, 6) is 0. The highest BCUT2D eigenvalue weighted by Crippen LogP contribution is 2.27. The molecule has 0 unspecified atom stereocenters. The molecule has 16 heavy (non-hydrogen) atoms. The zero-order chi connectivity index (χ0) is 11.5. The van der Waals surface area contributed by atoms with Crippen molar-refractivity contribution in [3.8, 4) is 0 Å². The predicted molar refractivity (Wildman–Crippen MR) is 73.0 cm³/mol. The Kier molecular flexibility index (Phi) is 4.11. The molecule has 0 heterocycles. The summed E-state index contributed by atoms with van der Waals surface area (Å²) in [5.41, 5.74) is 6.97. The number of hydrogen-bond donors (Lipinski definition) is 2. The average molecular weight is 304 g/mol. The van der Waals surface area contributed by atoms with E-state index in [1.807, 2.05) is 18.2 Å². The normalized spacial score (nSPS) is 25.4. The first-order valence-electron chi connectivity index (χ1n) is 5.62. The lowest BCUT2D eigenvalue weighted by molar-refractivity contribution is 0.411. The van der Waals surface area contributed by atoms with Gasteiger partial charge in [0, 0.05) is 22.2 Å². The van der Waals surface area contributed by atoms with Crippen LogP contribution in [-0.2, 0) is 0 Å². The summed E-state index contributed by atoms with van der Waals surface area (Å²) in [6, 6.07) is 6.91. The first-order chi connectivity index (χ1) is 7.65. The first-order valence-corrected chi connectivity index (χ1v) is 6.79. The van der Waals surface area contributed by atoms with Gasteiger partial charge in [0.2, 0.25) is 0 Å². The van der Waals surface area contributed by atoms with Gasteiger partial charge in [-0.1, -0.05) is 11.6 Å². The van der Waals surface area contributed by atoms with Crippen molar-refractivity contribution in [2.75, 3.05) is 5.32 Å². The van der Waals surface area contributed by atoms with Gasteiger partial charge in [-0.25, -0.2) is 0 Å². The molecular formula is C12H16BrClN2. The highest BCUT2D eigenvalue weighted by molar-refractivity contribution is 9.10. The molecule has 1 fully saturated rings. The Morgan fingerprint density at radius 3 is 2.56 bits per heavy atom. The quantitative estimate of drug-likeness (QED) is 0.872. The topological polar surface area (TPSA) is 38.0 Å².